The number of hydrogen-bond donors (Lipinski definition) is 5. The summed E-state index contributed by atoms with van der Waals surface area (Å²) < 4.78 is 7.24. The van der Waals surface area contributed by atoms with Crippen LogP contribution in [0.4, 0.5) is 11.5 Å². The molecule has 0 saturated carbocycles. The van der Waals surface area contributed by atoms with Gasteiger partial charge in [-0.15, -0.1) is 0 Å². The second-order valence-electron chi connectivity index (χ2n) is 5.75. The highest BCUT2D eigenvalue weighted by Gasteiger charge is 2.53. The lowest BCUT2D eigenvalue weighted by Gasteiger charge is -2.27. The van der Waals surface area contributed by atoms with E-state index in [2.05, 4.69) is 25.8 Å². The van der Waals surface area contributed by atoms with Gasteiger partial charge in [0, 0.05) is 6.20 Å². The van der Waals surface area contributed by atoms with Gasteiger partial charge in [-0.25, -0.2) is 15.0 Å². The highest BCUT2D eigenvalue weighted by Crippen LogP contribution is 2.42. The first kappa shape index (κ1) is 14.3. The van der Waals surface area contributed by atoms with Gasteiger partial charge in [0.25, 0.3) is 0 Å². The quantitative estimate of drug-likeness (QED) is 0.476. The zero-order chi connectivity index (χ0) is 16.2. The van der Waals surface area contributed by atoms with Gasteiger partial charge in [-0.3, -0.25) is 10.9 Å². The van der Waals surface area contributed by atoms with Crippen LogP contribution in [-0.4, -0.2) is 60.6 Å². The Morgan fingerprint density at radius 1 is 1.43 bits per heavy atom. The standard InChI is InChI=1S/C13H16N6O4/c1-13(22)9(21)7(3-20)23-12(13)19-2-6-8-10(18-17-5-14-6)15-4-16-11(8)19/h2,4-5,7,9,12,20-22H,3H2,1H3,(H,14,17)(H,15,16,18)/t7-,9-,12-,13-/m1/s1. The van der Waals surface area contributed by atoms with E-state index in [-0.39, 0.29) is 0 Å². The molecular weight excluding hydrogens is 304 g/mol. The monoisotopic (exact) mass is 320 g/mol. The van der Waals surface area contributed by atoms with E-state index in [1.165, 1.54) is 19.6 Å². The molecule has 23 heavy (non-hydrogen) atoms. The predicted octanol–water partition coefficient (Wildman–Crippen LogP) is -0.977. The maximum absolute atomic E-state index is 10.6. The van der Waals surface area contributed by atoms with E-state index in [1.54, 1.807) is 10.8 Å². The van der Waals surface area contributed by atoms with E-state index in [9.17, 15) is 15.3 Å². The minimum atomic E-state index is -1.60. The minimum absolute atomic E-state index is 0.399. The van der Waals surface area contributed by atoms with Crippen molar-refractivity contribution in [1.82, 2.24) is 20.0 Å². The van der Waals surface area contributed by atoms with E-state index in [1.807, 2.05) is 0 Å². The van der Waals surface area contributed by atoms with Crippen molar-refractivity contribution in [3.8, 4) is 0 Å². The van der Waals surface area contributed by atoms with Crippen LogP contribution < -0.4 is 10.9 Å². The minimum Gasteiger partial charge on any atom is -0.394 e. The van der Waals surface area contributed by atoms with Crippen LogP contribution in [0.5, 0.6) is 0 Å². The number of nitrogens with zero attached hydrogens (tertiary/aromatic N) is 4. The van der Waals surface area contributed by atoms with Gasteiger partial charge in [0.15, 0.2) is 12.0 Å². The molecule has 0 bridgehead atoms. The molecule has 0 amide bonds. The Morgan fingerprint density at radius 3 is 3.00 bits per heavy atom. The van der Waals surface area contributed by atoms with E-state index in [0.29, 0.717) is 22.5 Å². The van der Waals surface area contributed by atoms with Crippen LogP contribution >= 0.6 is 0 Å². The van der Waals surface area contributed by atoms with Crippen molar-refractivity contribution in [2.24, 2.45) is 4.99 Å². The van der Waals surface area contributed by atoms with Gasteiger partial charge in [-0.05, 0) is 6.92 Å². The highest BCUT2D eigenvalue weighted by atomic mass is 16.6. The molecule has 1 fully saturated rings. The van der Waals surface area contributed by atoms with E-state index >= 15 is 0 Å². The summed E-state index contributed by atoms with van der Waals surface area (Å²) in [7, 11) is 0. The average Bonchev–Trinajstić information content (AvgIpc) is 2.90. The molecule has 5 N–H and O–H groups in total. The number of rotatable bonds is 2. The van der Waals surface area contributed by atoms with Crippen LogP contribution in [0.1, 0.15) is 13.2 Å². The summed E-state index contributed by atoms with van der Waals surface area (Å²) >= 11 is 0. The number of hydrazine groups is 1. The maximum Gasteiger partial charge on any atom is 0.167 e. The van der Waals surface area contributed by atoms with Crippen molar-refractivity contribution in [1.29, 1.82) is 0 Å². The molecule has 10 heteroatoms. The molecule has 4 rings (SSSR count). The number of aliphatic hydroxyl groups excluding tert-OH is 2. The molecule has 10 nitrogen and oxygen atoms in total. The maximum atomic E-state index is 10.6. The van der Waals surface area contributed by atoms with Gasteiger partial charge in [-0.1, -0.05) is 0 Å². The number of aromatic nitrogens is 3. The zero-order valence-corrected chi connectivity index (χ0v) is 12.2. The summed E-state index contributed by atoms with van der Waals surface area (Å²) in [5, 5.41) is 30.8. The van der Waals surface area contributed by atoms with Crippen molar-refractivity contribution in [2.75, 3.05) is 12.0 Å². The summed E-state index contributed by atoms with van der Waals surface area (Å²) in [6.45, 7) is 1.06. The summed E-state index contributed by atoms with van der Waals surface area (Å²) in [6.07, 6.45) is 1.49. The van der Waals surface area contributed by atoms with Crippen LogP contribution in [0.2, 0.25) is 0 Å². The molecule has 0 radical (unpaired) electrons. The average molecular weight is 320 g/mol. The van der Waals surface area contributed by atoms with Gasteiger partial charge >= 0.3 is 0 Å². The second kappa shape index (κ2) is 4.86. The fourth-order valence-electron chi connectivity index (χ4n) is 3.03. The normalized spacial score (nSPS) is 32.6. The van der Waals surface area contributed by atoms with Gasteiger partial charge in [0.1, 0.15) is 36.1 Å². The molecule has 4 heterocycles. The number of aliphatic imine (C=N–C) groups is 1. The number of nitrogens with one attached hydrogen (secondary N) is 2. The molecule has 2 aliphatic heterocycles. The first-order valence-corrected chi connectivity index (χ1v) is 7.10. The van der Waals surface area contributed by atoms with Crippen LogP contribution in [0.25, 0.3) is 11.0 Å². The Kier molecular flexibility index (Phi) is 3.03. The molecule has 0 aromatic carbocycles. The zero-order valence-electron chi connectivity index (χ0n) is 12.2. The van der Waals surface area contributed by atoms with E-state index in [4.69, 9.17) is 4.74 Å². The predicted molar refractivity (Wildman–Crippen MR) is 80.1 cm³/mol. The lowest BCUT2D eigenvalue weighted by Crippen LogP contribution is -2.44. The van der Waals surface area contributed by atoms with Crippen molar-refractivity contribution < 1.29 is 20.1 Å². The first-order valence-electron chi connectivity index (χ1n) is 7.10. The molecule has 1 saturated heterocycles. The lowest BCUT2D eigenvalue weighted by atomic mass is 9.96. The van der Waals surface area contributed by atoms with E-state index in [0.717, 1.165) is 0 Å². The second-order valence-corrected chi connectivity index (χ2v) is 5.75. The van der Waals surface area contributed by atoms with Gasteiger partial charge < -0.3 is 24.6 Å². The third kappa shape index (κ3) is 1.93. The Balaban J connectivity index is 1.90. The SMILES string of the molecule is C[C@@]1(O)[C@H](O)[C@@H](CO)O[C@H]1n1cc2c3c(ncnc31)NNC=N2. The summed E-state index contributed by atoms with van der Waals surface area (Å²) in [5.41, 5.74) is 5.15. The fraction of sp³-hybridized carbons (Fsp3) is 0.462. The molecule has 4 atom stereocenters. The Bertz CT molecular complexity index is 788. The molecule has 0 unspecified atom stereocenters. The number of ether oxygens (including phenoxy) is 1. The third-order valence-corrected chi connectivity index (χ3v) is 4.24. The molecule has 2 aromatic rings. The molecule has 0 aliphatic carbocycles. The van der Waals surface area contributed by atoms with Gasteiger partial charge in [0.2, 0.25) is 0 Å². The van der Waals surface area contributed by atoms with Crippen LogP contribution in [0.3, 0.4) is 0 Å². The fourth-order valence-corrected chi connectivity index (χ4v) is 3.03. The van der Waals surface area contributed by atoms with Gasteiger partial charge in [0.05, 0.1) is 17.7 Å². The van der Waals surface area contributed by atoms with Crippen LogP contribution in [0, 0.1) is 0 Å². The Morgan fingerprint density at radius 2 is 2.26 bits per heavy atom. The smallest absolute Gasteiger partial charge is 0.167 e. The van der Waals surface area contributed by atoms with Gasteiger partial charge in [-0.2, -0.15) is 0 Å². The third-order valence-electron chi connectivity index (χ3n) is 4.24. The molecule has 2 aliphatic rings. The lowest BCUT2D eigenvalue weighted by molar-refractivity contribution is -0.0947. The molecular formula is C13H16N6O4. The van der Waals surface area contributed by atoms with Crippen molar-refractivity contribution in [3.05, 3.63) is 12.5 Å². The van der Waals surface area contributed by atoms with E-state index < -0.39 is 30.6 Å². The van der Waals surface area contributed by atoms with Crippen LogP contribution in [-0.2, 0) is 4.74 Å². The molecule has 2 aromatic heterocycles. The Hall–Kier alpha value is -2.27. The van der Waals surface area contributed by atoms with Crippen molar-refractivity contribution in [3.63, 3.8) is 0 Å². The summed E-state index contributed by atoms with van der Waals surface area (Å²) in [6, 6.07) is 0. The first-order chi connectivity index (χ1) is 11.0. The van der Waals surface area contributed by atoms with Crippen molar-refractivity contribution in [2.45, 2.75) is 31.0 Å². The van der Waals surface area contributed by atoms with Crippen molar-refractivity contribution >= 4 is 28.9 Å². The number of anilines is 1. The molecule has 0 spiro atoms. The summed E-state index contributed by atoms with van der Waals surface area (Å²) in [5.74, 6) is 0.540. The van der Waals surface area contributed by atoms with Crippen LogP contribution in [0.15, 0.2) is 17.5 Å². The molecule has 122 valence electrons. The number of aliphatic hydroxyl groups is 3. The Labute approximate surface area is 130 Å². The largest absolute Gasteiger partial charge is 0.394 e. The number of hydrogen-bond acceptors (Lipinski definition) is 9. The topological polar surface area (TPSA) is 137 Å². The highest BCUT2D eigenvalue weighted by molar-refractivity contribution is 5.99. The summed E-state index contributed by atoms with van der Waals surface area (Å²) in [4.78, 5) is 12.7.